The molecule has 2 aromatic rings. The van der Waals surface area contributed by atoms with E-state index in [1.165, 1.54) is 5.39 Å². The van der Waals surface area contributed by atoms with Gasteiger partial charge in [0.15, 0.2) is 0 Å². The van der Waals surface area contributed by atoms with Crippen molar-refractivity contribution in [1.29, 1.82) is 0 Å². The fourth-order valence-corrected chi connectivity index (χ4v) is 2.58. The average Bonchev–Trinajstić information content (AvgIpc) is 2.82. The summed E-state index contributed by atoms with van der Waals surface area (Å²) in [5.74, 6) is 2.58. The van der Waals surface area contributed by atoms with Gasteiger partial charge in [-0.25, -0.2) is 0 Å². The van der Waals surface area contributed by atoms with Gasteiger partial charge in [-0.05, 0) is 44.1 Å². The van der Waals surface area contributed by atoms with Crippen molar-refractivity contribution in [3.05, 3.63) is 30.2 Å². The Morgan fingerprint density at radius 1 is 1.29 bits per heavy atom. The van der Waals surface area contributed by atoms with Crippen molar-refractivity contribution in [3.63, 3.8) is 0 Å². The first-order chi connectivity index (χ1) is 8.38. The topological polar surface area (TPSA) is 34.4 Å². The highest BCUT2D eigenvalue weighted by atomic mass is 16.5. The quantitative estimate of drug-likeness (QED) is 0.863. The molecule has 2 heterocycles. The van der Waals surface area contributed by atoms with E-state index in [1.54, 1.807) is 7.11 Å². The summed E-state index contributed by atoms with van der Waals surface area (Å²) in [5, 5.41) is 5.75. The first-order valence-electron chi connectivity index (χ1n) is 6.14. The van der Waals surface area contributed by atoms with Crippen LogP contribution >= 0.6 is 0 Å². The summed E-state index contributed by atoms with van der Waals surface area (Å²) >= 11 is 0. The second-order valence-electron chi connectivity index (χ2n) is 4.58. The molecule has 3 rings (SSSR count). The standard InChI is InChI=1S/C14H17NO2/c1-16-12-2-3-13-11(8-12)9-17-14(13)10-4-6-15-7-5-10/h2-3,8-10,15H,4-7H2,1H3. The first kappa shape index (κ1) is 10.7. The molecule has 0 saturated carbocycles. The summed E-state index contributed by atoms with van der Waals surface area (Å²) in [6.45, 7) is 2.17. The molecular weight excluding hydrogens is 214 g/mol. The molecule has 0 spiro atoms. The van der Waals surface area contributed by atoms with Crippen LogP contribution in [0.4, 0.5) is 0 Å². The lowest BCUT2D eigenvalue weighted by Crippen LogP contribution is -2.26. The Balaban J connectivity index is 1.99. The number of piperidine rings is 1. The molecule has 0 atom stereocenters. The maximum Gasteiger partial charge on any atom is 0.119 e. The number of benzene rings is 1. The summed E-state index contributed by atoms with van der Waals surface area (Å²) < 4.78 is 11.0. The smallest absolute Gasteiger partial charge is 0.119 e. The maximum atomic E-state index is 5.77. The molecule has 0 amide bonds. The summed E-state index contributed by atoms with van der Waals surface area (Å²) in [6.07, 6.45) is 4.17. The molecule has 3 heteroatoms. The van der Waals surface area contributed by atoms with E-state index in [1.807, 2.05) is 18.4 Å². The summed E-state index contributed by atoms with van der Waals surface area (Å²) in [4.78, 5) is 0. The van der Waals surface area contributed by atoms with Gasteiger partial charge in [0.1, 0.15) is 11.5 Å². The third-order valence-corrected chi connectivity index (χ3v) is 3.55. The van der Waals surface area contributed by atoms with Crippen LogP contribution in [0.15, 0.2) is 28.9 Å². The zero-order valence-electron chi connectivity index (χ0n) is 10.0. The van der Waals surface area contributed by atoms with Gasteiger partial charge in [-0.2, -0.15) is 0 Å². The highest BCUT2D eigenvalue weighted by molar-refractivity contribution is 5.85. The van der Waals surface area contributed by atoms with Crippen LogP contribution in [0.3, 0.4) is 0 Å². The lowest BCUT2D eigenvalue weighted by Gasteiger charge is -2.20. The van der Waals surface area contributed by atoms with E-state index in [0.717, 1.165) is 42.8 Å². The van der Waals surface area contributed by atoms with Crippen molar-refractivity contribution in [3.8, 4) is 5.75 Å². The molecule has 1 aliphatic heterocycles. The number of methoxy groups -OCH3 is 1. The third kappa shape index (κ3) is 1.91. The van der Waals surface area contributed by atoms with E-state index >= 15 is 0 Å². The van der Waals surface area contributed by atoms with E-state index in [-0.39, 0.29) is 0 Å². The third-order valence-electron chi connectivity index (χ3n) is 3.55. The number of hydrogen-bond acceptors (Lipinski definition) is 3. The molecule has 17 heavy (non-hydrogen) atoms. The van der Waals surface area contributed by atoms with Crippen molar-refractivity contribution in [2.45, 2.75) is 18.8 Å². The Bertz CT molecular complexity index is 512. The van der Waals surface area contributed by atoms with E-state index in [2.05, 4.69) is 11.4 Å². The second-order valence-corrected chi connectivity index (χ2v) is 4.58. The van der Waals surface area contributed by atoms with E-state index in [9.17, 15) is 0 Å². The van der Waals surface area contributed by atoms with Crippen LogP contribution in [0.5, 0.6) is 5.75 Å². The molecule has 1 aromatic heterocycles. The van der Waals surface area contributed by atoms with Crippen LogP contribution in [-0.4, -0.2) is 20.2 Å². The average molecular weight is 231 g/mol. The molecule has 1 saturated heterocycles. The fraction of sp³-hybridized carbons (Fsp3) is 0.429. The fourth-order valence-electron chi connectivity index (χ4n) is 2.58. The van der Waals surface area contributed by atoms with Gasteiger partial charge in [-0.3, -0.25) is 0 Å². The van der Waals surface area contributed by atoms with Crippen LogP contribution in [0.1, 0.15) is 24.5 Å². The van der Waals surface area contributed by atoms with Crippen molar-refractivity contribution >= 4 is 10.8 Å². The van der Waals surface area contributed by atoms with Crippen LogP contribution in [0, 0.1) is 0 Å². The van der Waals surface area contributed by atoms with Crippen molar-refractivity contribution in [2.75, 3.05) is 20.2 Å². The molecule has 0 unspecified atom stereocenters. The van der Waals surface area contributed by atoms with Crippen LogP contribution in [-0.2, 0) is 0 Å². The zero-order valence-corrected chi connectivity index (χ0v) is 10.0. The second kappa shape index (κ2) is 4.41. The van der Waals surface area contributed by atoms with E-state index in [0.29, 0.717) is 5.92 Å². The van der Waals surface area contributed by atoms with Gasteiger partial charge in [0.25, 0.3) is 0 Å². The van der Waals surface area contributed by atoms with Gasteiger partial charge in [-0.1, -0.05) is 0 Å². The number of hydrogen-bond donors (Lipinski definition) is 1. The molecule has 0 radical (unpaired) electrons. The van der Waals surface area contributed by atoms with Crippen molar-refractivity contribution in [2.24, 2.45) is 0 Å². The molecule has 1 aromatic carbocycles. The van der Waals surface area contributed by atoms with Crippen LogP contribution < -0.4 is 10.1 Å². The lowest BCUT2D eigenvalue weighted by molar-refractivity contribution is 0.389. The zero-order chi connectivity index (χ0) is 11.7. The van der Waals surface area contributed by atoms with Gasteiger partial charge in [0.05, 0.1) is 13.4 Å². The summed E-state index contributed by atoms with van der Waals surface area (Å²) in [7, 11) is 1.69. The van der Waals surface area contributed by atoms with Crippen molar-refractivity contribution in [1.82, 2.24) is 5.32 Å². The predicted molar refractivity (Wildman–Crippen MR) is 67.6 cm³/mol. The van der Waals surface area contributed by atoms with Crippen LogP contribution in [0.2, 0.25) is 0 Å². The molecular formula is C14H17NO2. The Morgan fingerprint density at radius 3 is 2.88 bits per heavy atom. The van der Waals surface area contributed by atoms with Gasteiger partial charge in [0.2, 0.25) is 0 Å². The Labute approximate surface area is 101 Å². The Morgan fingerprint density at radius 2 is 2.12 bits per heavy atom. The molecule has 0 bridgehead atoms. The number of ether oxygens (including phenoxy) is 1. The lowest BCUT2D eigenvalue weighted by atomic mass is 9.93. The van der Waals surface area contributed by atoms with E-state index in [4.69, 9.17) is 9.15 Å². The molecule has 90 valence electrons. The predicted octanol–water partition coefficient (Wildman–Crippen LogP) is 2.91. The highest BCUT2D eigenvalue weighted by Gasteiger charge is 2.20. The molecule has 1 N–H and O–H groups in total. The summed E-state index contributed by atoms with van der Waals surface area (Å²) in [5.41, 5.74) is 0. The Hall–Kier alpha value is -1.48. The Kier molecular flexibility index (Phi) is 2.77. The van der Waals surface area contributed by atoms with E-state index < -0.39 is 0 Å². The number of nitrogens with one attached hydrogen (secondary N) is 1. The van der Waals surface area contributed by atoms with Crippen molar-refractivity contribution < 1.29 is 9.15 Å². The van der Waals surface area contributed by atoms with Gasteiger partial charge >= 0.3 is 0 Å². The van der Waals surface area contributed by atoms with Gasteiger partial charge in [-0.15, -0.1) is 0 Å². The van der Waals surface area contributed by atoms with Crippen LogP contribution in [0.25, 0.3) is 10.8 Å². The highest BCUT2D eigenvalue weighted by Crippen LogP contribution is 2.34. The minimum Gasteiger partial charge on any atom is -0.497 e. The largest absolute Gasteiger partial charge is 0.497 e. The number of furan rings is 1. The molecule has 1 aliphatic rings. The molecule has 3 nitrogen and oxygen atoms in total. The molecule has 1 fully saturated rings. The van der Waals surface area contributed by atoms with Gasteiger partial charge in [0, 0.05) is 16.7 Å². The number of fused-ring (bicyclic) bond motifs is 1. The number of rotatable bonds is 2. The normalized spacial score (nSPS) is 17.5. The minimum absolute atomic E-state index is 0.558. The minimum atomic E-state index is 0.558. The monoisotopic (exact) mass is 231 g/mol. The SMILES string of the molecule is COc1ccc2c(C3CCNCC3)occ2c1. The first-order valence-corrected chi connectivity index (χ1v) is 6.14. The maximum absolute atomic E-state index is 5.77. The summed E-state index contributed by atoms with van der Waals surface area (Å²) in [6, 6.07) is 6.14. The molecule has 0 aliphatic carbocycles. The van der Waals surface area contributed by atoms with Gasteiger partial charge < -0.3 is 14.5 Å².